The molecule has 0 unspecified atom stereocenters. The van der Waals surface area contributed by atoms with Crippen molar-refractivity contribution in [2.75, 3.05) is 18.3 Å². The van der Waals surface area contributed by atoms with Crippen LogP contribution in [0.4, 0.5) is 10.1 Å². The van der Waals surface area contributed by atoms with Crippen LogP contribution in [0.15, 0.2) is 34.5 Å². The van der Waals surface area contributed by atoms with E-state index in [1.807, 2.05) is 7.05 Å². The Balaban J connectivity index is 2.22. The first kappa shape index (κ1) is 15.9. The summed E-state index contributed by atoms with van der Waals surface area (Å²) in [7, 11) is -1.83. The second-order valence-electron chi connectivity index (χ2n) is 4.64. The van der Waals surface area contributed by atoms with Crippen molar-refractivity contribution in [2.45, 2.75) is 17.6 Å². The normalized spacial score (nSPS) is 11.6. The van der Waals surface area contributed by atoms with E-state index in [0.29, 0.717) is 5.56 Å². The SMILES string of the molecule is CNCCc1ccc(S(=O)(=O)Nc2cc(F)ccc2C)s1. The van der Waals surface area contributed by atoms with Crippen LogP contribution in [0.25, 0.3) is 0 Å². The molecule has 21 heavy (non-hydrogen) atoms. The minimum atomic E-state index is -3.68. The van der Waals surface area contributed by atoms with Gasteiger partial charge in [-0.15, -0.1) is 11.3 Å². The topological polar surface area (TPSA) is 58.2 Å². The quantitative estimate of drug-likeness (QED) is 0.857. The molecule has 1 aromatic carbocycles. The Hall–Kier alpha value is -1.44. The fourth-order valence-electron chi connectivity index (χ4n) is 1.78. The average Bonchev–Trinajstić information content (AvgIpc) is 2.90. The van der Waals surface area contributed by atoms with Crippen molar-refractivity contribution in [3.63, 3.8) is 0 Å². The first-order valence-corrected chi connectivity index (χ1v) is 8.74. The Morgan fingerprint density at radius 1 is 1.24 bits per heavy atom. The van der Waals surface area contributed by atoms with E-state index in [9.17, 15) is 12.8 Å². The smallest absolute Gasteiger partial charge is 0.271 e. The Labute approximate surface area is 128 Å². The zero-order valence-electron chi connectivity index (χ0n) is 11.8. The van der Waals surface area contributed by atoms with Gasteiger partial charge in [0.1, 0.15) is 10.0 Å². The van der Waals surface area contributed by atoms with Gasteiger partial charge in [0.05, 0.1) is 5.69 Å². The van der Waals surface area contributed by atoms with Gasteiger partial charge in [-0.2, -0.15) is 0 Å². The van der Waals surface area contributed by atoms with Crippen molar-refractivity contribution < 1.29 is 12.8 Å². The molecule has 1 aromatic heterocycles. The lowest BCUT2D eigenvalue weighted by Gasteiger charge is -2.09. The number of halogens is 1. The summed E-state index contributed by atoms with van der Waals surface area (Å²) >= 11 is 1.22. The Bertz CT molecular complexity index is 726. The fourth-order valence-corrected chi connectivity index (χ4v) is 4.26. The third-order valence-corrected chi connectivity index (χ3v) is 5.97. The summed E-state index contributed by atoms with van der Waals surface area (Å²) in [5, 5.41) is 3.02. The minimum absolute atomic E-state index is 0.234. The summed E-state index contributed by atoms with van der Waals surface area (Å²) in [6.07, 6.45) is 0.773. The lowest BCUT2D eigenvalue weighted by molar-refractivity contribution is 0.603. The second kappa shape index (κ2) is 6.55. The van der Waals surface area contributed by atoms with Gasteiger partial charge in [0.25, 0.3) is 10.0 Å². The van der Waals surface area contributed by atoms with Crippen LogP contribution in [0.1, 0.15) is 10.4 Å². The molecule has 2 N–H and O–H groups in total. The highest BCUT2D eigenvalue weighted by Gasteiger charge is 2.18. The lowest BCUT2D eigenvalue weighted by Crippen LogP contribution is -2.12. The first-order chi connectivity index (χ1) is 9.92. The molecule has 0 fully saturated rings. The van der Waals surface area contributed by atoms with E-state index in [0.717, 1.165) is 17.8 Å². The van der Waals surface area contributed by atoms with Gasteiger partial charge >= 0.3 is 0 Å². The van der Waals surface area contributed by atoms with Gasteiger partial charge < -0.3 is 5.32 Å². The van der Waals surface area contributed by atoms with Crippen LogP contribution >= 0.6 is 11.3 Å². The summed E-state index contributed by atoms with van der Waals surface area (Å²) in [5.41, 5.74) is 0.937. The minimum Gasteiger partial charge on any atom is -0.319 e. The molecule has 0 spiro atoms. The average molecular weight is 328 g/mol. The van der Waals surface area contributed by atoms with E-state index >= 15 is 0 Å². The predicted molar refractivity (Wildman–Crippen MR) is 83.9 cm³/mol. The Kier molecular flexibility index (Phi) is 4.97. The molecular formula is C14H17FN2O2S2. The number of nitrogens with one attached hydrogen (secondary N) is 2. The van der Waals surface area contributed by atoms with Crippen LogP contribution in [0.3, 0.4) is 0 Å². The second-order valence-corrected chi connectivity index (χ2v) is 7.72. The van der Waals surface area contributed by atoms with Crippen molar-refractivity contribution in [1.29, 1.82) is 0 Å². The molecule has 0 aliphatic heterocycles. The number of aryl methyl sites for hydroxylation is 1. The third-order valence-electron chi connectivity index (χ3n) is 2.97. The van der Waals surface area contributed by atoms with E-state index < -0.39 is 15.8 Å². The number of likely N-dealkylation sites (N-methyl/N-ethyl adjacent to an activating group) is 1. The predicted octanol–water partition coefficient (Wildman–Crippen LogP) is 2.76. The van der Waals surface area contributed by atoms with Crippen LogP contribution in [0.5, 0.6) is 0 Å². The van der Waals surface area contributed by atoms with Crippen molar-refractivity contribution in [2.24, 2.45) is 0 Å². The molecule has 0 aliphatic rings. The largest absolute Gasteiger partial charge is 0.319 e. The number of sulfonamides is 1. The van der Waals surface area contributed by atoms with E-state index in [-0.39, 0.29) is 9.90 Å². The summed E-state index contributed by atoms with van der Waals surface area (Å²) in [6.45, 7) is 2.51. The van der Waals surface area contributed by atoms with Gasteiger partial charge in [-0.25, -0.2) is 12.8 Å². The zero-order chi connectivity index (χ0) is 15.5. The van der Waals surface area contributed by atoms with E-state index in [1.165, 1.54) is 23.5 Å². The number of hydrogen-bond donors (Lipinski definition) is 2. The fraction of sp³-hybridized carbons (Fsp3) is 0.286. The van der Waals surface area contributed by atoms with Crippen molar-refractivity contribution >= 4 is 27.0 Å². The van der Waals surface area contributed by atoms with Gasteiger partial charge in [0.2, 0.25) is 0 Å². The molecule has 0 amide bonds. The van der Waals surface area contributed by atoms with Crippen LogP contribution < -0.4 is 10.0 Å². The van der Waals surface area contributed by atoms with Gasteiger partial charge in [0, 0.05) is 4.88 Å². The number of rotatable bonds is 6. The molecule has 2 rings (SSSR count). The van der Waals surface area contributed by atoms with Crippen LogP contribution in [0.2, 0.25) is 0 Å². The molecular weight excluding hydrogens is 311 g/mol. The molecule has 0 bridgehead atoms. The number of hydrogen-bond acceptors (Lipinski definition) is 4. The molecule has 7 heteroatoms. The lowest BCUT2D eigenvalue weighted by atomic mass is 10.2. The molecule has 0 saturated carbocycles. The van der Waals surface area contributed by atoms with Crippen molar-refractivity contribution in [1.82, 2.24) is 5.32 Å². The van der Waals surface area contributed by atoms with Gasteiger partial charge in [-0.05, 0) is 56.8 Å². The third kappa shape index (κ3) is 4.03. The maximum absolute atomic E-state index is 13.2. The van der Waals surface area contributed by atoms with Crippen LogP contribution in [-0.2, 0) is 16.4 Å². The van der Waals surface area contributed by atoms with E-state index in [2.05, 4.69) is 10.0 Å². The monoisotopic (exact) mass is 328 g/mol. The van der Waals surface area contributed by atoms with Crippen LogP contribution in [0, 0.1) is 12.7 Å². The van der Waals surface area contributed by atoms with Crippen molar-refractivity contribution in [3.05, 3.63) is 46.6 Å². The van der Waals surface area contributed by atoms with Crippen molar-refractivity contribution in [3.8, 4) is 0 Å². The van der Waals surface area contributed by atoms with Gasteiger partial charge in [0.15, 0.2) is 0 Å². The molecule has 0 aliphatic carbocycles. The molecule has 1 heterocycles. The van der Waals surface area contributed by atoms with Gasteiger partial charge in [-0.3, -0.25) is 4.72 Å². The standard InChI is InChI=1S/C14H17FN2O2S2/c1-10-3-4-11(15)9-13(10)17-21(18,19)14-6-5-12(20-14)7-8-16-2/h3-6,9,16-17H,7-8H2,1-2H3. The van der Waals surface area contributed by atoms with Crippen LogP contribution in [-0.4, -0.2) is 22.0 Å². The number of thiophene rings is 1. The molecule has 0 atom stereocenters. The highest BCUT2D eigenvalue weighted by Crippen LogP contribution is 2.26. The molecule has 0 radical (unpaired) electrons. The molecule has 4 nitrogen and oxygen atoms in total. The van der Waals surface area contributed by atoms with E-state index in [1.54, 1.807) is 25.1 Å². The summed E-state index contributed by atoms with van der Waals surface area (Å²) in [4.78, 5) is 0.987. The summed E-state index contributed by atoms with van der Waals surface area (Å²) in [6, 6.07) is 7.40. The maximum atomic E-state index is 13.2. The molecule has 2 aromatic rings. The number of benzene rings is 1. The highest BCUT2D eigenvalue weighted by atomic mass is 32.2. The van der Waals surface area contributed by atoms with Gasteiger partial charge in [-0.1, -0.05) is 6.07 Å². The Morgan fingerprint density at radius 3 is 2.71 bits per heavy atom. The highest BCUT2D eigenvalue weighted by molar-refractivity contribution is 7.94. The zero-order valence-corrected chi connectivity index (χ0v) is 13.4. The molecule has 114 valence electrons. The maximum Gasteiger partial charge on any atom is 0.271 e. The first-order valence-electron chi connectivity index (χ1n) is 6.44. The summed E-state index contributed by atoms with van der Waals surface area (Å²) in [5.74, 6) is -0.473. The summed E-state index contributed by atoms with van der Waals surface area (Å²) < 4.78 is 40.5. The number of anilines is 1. The Morgan fingerprint density at radius 2 is 2.00 bits per heavy atom. The molecule has 0 saturated heterocycles. The van der Waals surface area contributed by atoms with E-state index in [4.69, 9.17) is 0 Å².